The molecule has 0 atom stereocenters. The molecule has 0 aliphatic carbocycles. The maximum atomic E-state index is 12.1. The Hall–Kier alpha value is -2.54. The van der Waals surface area contributed by atoms with Gasteiger partial charge in [0.05, 0.1) is 6.26 Å². The Bertz CT molecular complexity index is 743. The summed E-state index contributed by atoms with van der Waals surface area (Å²) in [6.07, 6.45) is 1.08. The van der Waals surface area contributed by atoms with Crippen LogP contribution in [-0.4, -0.2) is 27.8 Å². The Balaban J connectivity index is 2.06. The lowest BCUT2D eigenvalue weighted by Gasteiger charge is -2.18. The molecule has 2 aromatic rings. The molecule has 2 amide bonds. The quantitative estimate of drug-likeness (QED) is 0.909. The highest BCUT2D eigenvalue weighted by Crippen LogP contribution is 2.18. The van der Waals surface area contributed by atoms with Crippen LogP contribution < -0.4 is 14.9 Å². The van der Waals surface area contributed by atoms with E-state index in [0.29, 0.717) is 17.1 Å². The average Bonchev–Trinajstić information content (AvgIpc) is 2.46. The monoisotopic (exact) mass is 319 g/mol. The summed E-state index contributed by atoms with van der Waals surface area (Å²) in [6, 6.07) is 15.4. The number of nitrogens with zero attached hydrogens (tertiary/aromatic N) is 1. The molecular formula is C15H17N3O3S. The average molecular weight is 319 g/mol. The molecule has 7 heteroatoms. The van der Waals surface area contributed by atoms with Gasteiger partial charge in [-0.15, -0.1) is 0 Å². The van der Waals surface area contributed by atoms with E-state index in [1.54, 1.807) is 43.4 Å². The number of anilines is 3. The van der Waals surface area contributed by atoms with Gasteiger partial charge in [0.2, 0.25) is 10.0 Å². The number of rotatable bonds is 4. The van der Waals surface area contributed by atoms with Gasteiger partial charge in [-0.2, -0.15) is 0 Å². The van der Waals surface area contributed by atoms with Crippen molar-refractivity contribution in [1.82, 2.24) is 0 Å². The molecule has 0 saturated heterocycles. The molecule has 0 aromatic heterocycles. The van der Waals surface area contributed by atoms with Crippen LogP contribution in [0.3, 0.4) is 0 Å². The summed E-state index contributed by atoms with van der Waals surface area (Å²) in [5.74, 6) is 0. The van der Waals surface area contributed by atoms with E-state index >= 15 is 0 Å². The van der Waals surface area contributed by atoms with E-state index in [2.05, 4.69) is 10.0 Å². The lowest BCUT2D eigenvalue weighted by Crippen LogP contribution is -2.31. The maximum absolute atomic E-state index is 12.1. The number of nitrogens with one attached hydrogen (secondary N) is 2. The van der Waals surface area contributed by atoms with Crippen LogP contribution in [-0.2, 0) is 10.0 Å². The summed E-state index contributed by atoms with van der Waals surface area (Å²) in [6.45, 7) is 0. The first kappa shape index (κ1) is 15.8. The van der Waals surface area contributed by atoms with Crippen LogP contribution in [0.15, 0.2) is 54.6 Å². The van der Waals surface area contributed by atoms with Crippen LogP contribution >= 0.6 is 0 Å². The van der Waals surface area contributed by atoms with E-state index < -0.39 is 10.0 Å². The SMILES string of the molecule is CN(C(=O)Nc1ccccc1)c1ccc(NS(C)(=O)=O)cc1. The molecule has 2 rings (SSSR count). The van der Waals surface area contributed by atoms with Crippen LogP contribution in [0, 0.1) is 0 Å². The van der Waals surface area contributed by atoms with Gasteiger partial charge >= 0.3 is 6.03 Å². The lowest BCUT2D eigenvalue weighted by atomic mass is 10.2. The zero-order valence-electron chi connectivity index (χ0n) is 12.3. The molecule has 0 spiro atoms. The summed E-state index contributed by atoms with van der Waals surface area (Å²) in [5.41, 5.74) is 1.80. The van der Waals surface area contributed by atoms with Crippen molar-refractivity contribution < 1.29 is 13.2 Å². The van der Waals surface area contributed by atoms with E-state index in [0.717, 1.165) is 6.26 Å². The van der Waals surface area contributed by atoms with Gasteiger partial charge in [0.25, 0.3) is 0 Å². The highest BCUT2D eigenvalue weighted by Gasteiger charge is 2.11. The van der Waals surface area contributed by atoms with Crippen molar-refractivity contribution >= 4 is 33.1 Å². The number of sulfonamides is 1. The van der Waals surface area contributed by atoms with Crippen molar-refractivity contribution in [2.24, 2.45) is 0 Å². The molecule has 116 valence electrons. The van der Waals surface area contributed by atoms with E-state index in [4.69, 9.17) is 0 Å². The molecule has 2 aromatic carbocycles. The van der Waals surface area contributed by atoms with Crippen molar-refractivity contribution in [3.8, 4) is 0 Å². The predicted molar refractivity (Wildman–Crippen MR) is 88.8 cm³/mol. The maximum Gasteiger partial charge on any atom is 0.326 e. The predicted octanol–water partition coefficient (Wildman–Crippen LogP) is 2.73. The zero-order valence-corrected chi connectivity index (χ0v) is 13.1. The van der Waals surface area contributed by atoms with Crippen LogP contribution in [0.1, 0.15) is 0 Å². The minimum atomic E-state index is -3.31. The Morgan fingerprint density at radius 3 is 2.09 bits per heavy atom. The number of hydrogen-bond donors (Lipinski definition) is 2. The van der Waals surface area contributed by atoms with E-state index in [1.165, 1.54) is 4.90 Å². The summed E-state index contributed by atoms with van der Waals surface area (Å²) < 4.78 is 24.7. The summed E-state index contributed by atoms with van der Waals surface area (Å²) in [7, 11) is -1.67. The van der Waals surface area contributed by atoms with Gasteiger partial charge in [0, 0.05) is 24.1 Å². The van der Waals surface area contributed by atoms with Crippen molar-refractivity contribution in [3.63, 3.8) is 0 Å². The molecule has 0 radical (unpaired) electrons. The van der Waals surface area contributed by atoms with Crippen LogP contribution in [0.25, 0.3) is 0 Å². The van der Waals surface area contributed by atoms with Gasteiger partial charge in [-0.05, 0) is 36.4 Å². The van der Waals surface area contributed by atoms with Crippen LogP contribution in [0.2, 0.25) is 0 Å². The number of benzene rings is 2. The van der Waals surface area contributed by atoms with E-state index in [9.17, 15) is 13.2 Å². The molecule has 0 saturated carbocycles. The standard InChI is InChI=1S/C15H17N3O3S/c1-18(15(19)16-12-6-4-3-5-7-12)14-10-8-13(9-11-14)17-22(2,20)21/h3-11,17H,1-2H3,(H,16,19). The zero-order chi connectivity index (χ0) is 16.2. The Morgan fingerprint density at radius 1 is 0.955 bits per heavy atom. The molecule has 0 bridgehead atoms. The molecule has 2 N–H and O–H groups in total. The number of amides is 2. The van der Waals surface area contributed by atoms with Crippen molar-refractivity contribution in [2.45, 2.75) is 0 Å². The van der Waals surface area contributed by atoms with Crippen molar-refractivity contribution in [3.05, 3.63) is 54.6 Å². The Labute approximate surface area is 129 Å². The molecule has 0 aliphatic rings. The third kappa shape index (κ3) is 4.49. The number of carbonyl (C=O) groups is 1. The molecule has 6 nitrogen and oxygen atoms in total. The first-order valence-electron chi connectivity index (χ1n) is 6.53. The fourth-order valence-electron chi connectivity index (χ4n) is 1.81. The molecule has 0 aliphatic heterocycles. The number of urea groups is 1. The fraction of sp³-hybridized carbons (Fsp3) is 0.133. The Kier molecular flexibility index (Phi) is 4.67. The smallest absolute Gasteiger partial charge is 0.308 e. The second-order valence-electron chi connectivity index (χ2n) is 4.78. The third-order valence-electron chi connectivity index (χ3n) is 2.89. The van der Waals surface area contributed by atoms with Gasteiger partial charge in [-0.1, -0.05) is 18.2 Å². The molecular weight excluding hydrogens is 302 g/mol. The first-order chi connectivity index (χ1) is 10.3. The van der Waals surface area contributed by atoms with Gasteiger partial charge in [-0.25, -0.2) is 13.2 Å². The second kappa shape index (κ2) is 6.48. The largest absolute Gasteiger partial charge is 0.326 e. The molecule has 22 heavy (non-hydrogen) atoms. The van der Waals surface area contributed by atoms with Crippen LogP contribution in [0.4, 0.5) is 21.9 Å². The van der Waals surface area contributed by atoms with Gasteiger partial charge in [0.15, 0.2) is 0 Å². The Morgan fingerprint density at radius 2 is 1.55 bits per heavy atom. The fourth-order valence-corrected chi connectivity index (χ4v) is 2.38. The minimum absolute atomic E-state index is 0.282. The summed E-state index contributed by atoms with van der Waals surface area (Å²) in [5, 5.41) is 2.77. The lowest BCUT2D eigenvalue weighted by molar-refractivity contribution is 0.258. The van der Waals surface area contributed by atoms with Crippen molar-refractivity contribution in [1.29, 1.82) is 0 Å². The normalized spacial score (nSPS) is 10.8. The minimum Gasteiger partial charge on any atom is -0.308 e. The molecule has 0 unspecified atom stereocenters. The number of hydrogen-bond acceptors (Lipinski definition) is 3. The number of carbonyl (C=O) groups excluding carboxylic acids is 1. The van der Waals surface area contributed by atoms with E-state index in [1.807, 2.05) is 18.2 Å². The third-order valence-corrected chi connectivity index (χ3v) is 3.49. The van der Waals surface area contributed by atoms with E-state index in [-0.39, 0.29) is 6.03 Å². The highest BCUT2D eigenvalue weighted by molar-refractivity contribution is 7.92. The first-order valence-corrected chi connectivity index (χ1v) is 8.42. The summed E-state index contributed by atoms with van der Waals surface area (Å²) >= 11 is 0. The second-order valence-corrected chi connectivity index (χ2v) is 6.52. The van der Waals surface area contributed by atoms with Crippen LogP contribution in [0.5, 0.6) is 0 Å². The van der Waals surface area contributed by atoms with Gasteiger partial charge < -0.3 is 5.32 Å². The highest BCUT2D eigenvalue weighted by atomic mass is 32.2. The number of para-hydroxylation sites is 1. The molecule has 0 fully saturated rings. The van der Waals surface area contributed by atoms with Gasteiger partial charge in [-0.3, -0.25) is 9.62 Å². The van der Waals surface area contributed by atoms with Crippen molar-refractivity contribution in [2.75, 3.05) is 28.2 Å². The topological polar surface area (TPSA) is 78.5 Å². The molecule has 0 heterocycles. The summed E-state index contributed by atoms with van der Waals surface area (Å²) in [4.78, 5) is 13.6. The van der Waals surface area contributed by atoms with Gasteiger partial charge in [0.1, 0.15) is 0 Å².